The number of hydrogen-bond donors (Lipinski definition) is 2. The molecule has 0 spiro atoms. The summed E-state index contributed by atoms with van der Waals surface area (Å²) in [5.41, 5.74) is 0. The number of sulfonamides is 2. The van der Waals surface area contributed by atoms with Crippen molar-refractivity contribution in [3.8, 4) is 0 Å². The number of nitrogens with one attached hydrogen (secondary N) is 2. The highest BCUT2D eigenvalue weighted by Gasteiger charge is 2.21. The molecular formula is C8H18N2O4S2. The van der Waals surface area contributed by atoms with Gasteiger partial charge >= 0.3 is 0 Å². The van der Waals surface area contributed by atoms with Crippen LogP contribution in [-0.2, 0) is 20.0 Å². The Hall–Kier alpha value is -0.180. The van der Waals surface area contributed by atoms with Gasteiger partial charge in [-0.25, -0.2) is 26.3 Å². The standard InChI is InChI=1S/C8H18N2O4S2/c1-15(11,12)9-6-7-16(13,14)10-8-4-2-3-5-8/h8-10H,2-7H2,1H3. The third-order valence-corrected chi connectivity index (χ3v) is 4.60. The third kappa shape index (κ3) is 5.78. The van der Waals surface area contributed by atoms with Crippen LogP contribution in [0.1, 0.15) is 25.7 Å². The minimum atomic E-state index is -3.36. The first kappa shape index (κ1) is 13.9. The minimum absolute atomic E-state index is 0.0308. The van der Waals surface area contributed by atoms with Crippen LogP contribution in [0.15, 0.2) is 0 Å². The molecule has 0 atom stereocenters. The maximum absolute atomic E-state index is 11.5. The molecule has 0 unspecified atom stereocenters. The van der Waals surface area contributed by atoms with Crippen LogP contribution in [0.3, 0.4) is 0 Å². The lowest BCUT2D eigenvalue weighted by molar-refractivity contribution is 0.551. The summed E-state index contributed by atoms with van der Waals surface area (Å²) in [7, 11) is -6.68. The van der Waals surface area contributed by atoms with Crippen LogP contribution in [0.5, 0.6) is 0 Å². The summed E-state index contributed by atoms with van der Waals surface area (Å²) < 4.78 is 49.3. The van der Waals surface area contributed by atoms with Crippen LogP contribution < -0.4 is 9.44 Å². The Labute approximate surface area is 96.9 Å². The first-order valence-corrected chi connectivity index (χ1v) is 8.77. The van der Waals surface area contributed by atoms with E-state index in [1.165, 1.54) is 0 Å². The molecule has 96 valence electrons. The van der Waals surface area contributed by atoms with Gasteiger partial charge in [0.05, 0.1) is 12.0 Å². The summed E-state index contributed by atoms with van der Waals surface area (Å²) >= 11 is 0. The lowest BCUT2D eigenvalue weighted by Crippen LogP contribution is -2.38. The zero-order valence-corrected chi connectivity index (χ0v) is 10.9. The predicted octanol–water partition coefficient (Wildman–Crippen LogP) is -0.602. The monoisotopic (exact) mass is 270 g/mol. The van der Waals surface area contributed by atoms with Gasteiger partial charge in [0.2, 0.25) is 20.0 Å². The molecule has 0 saturated heterocycles. The molecule has 1 saturated carbocycles. The van der Waals surface area contributed by atoms with E-state index in [1.54, 1.807) is 0 Å². The summed E-state index contributed by atoms with van der Waals surface area (Å²) in [5, 5.41) is 0. The second-order valence-electron chi connectivity index (χ2n) is 4.08. The van der Waals surface area contributed by atoms with E-state index in [4.69, 9.17) is 0 Å². The fourth-order valence-electron chi connectivity index (χ4n) is 1.72. The van der Waals surface area contributed by atoms with Crippen molar-refractivity contribution < 1.29 is 16.8 Å². The number of hydrogen-bond acceptors (Lipinski definition) is 4. The zero-order valence-electron chi connectivity index (χ0n) is 9.27. The van der Waals surface area contributed by atoms with Crippen molar-refractivity contribution in [3.05, 3.63) is 0 Å². The van der Waals surface area contributed by atoms with Crippen molar-refractivity contribution >= 4 is 20.0 Å². The molecule has 0 amide bonds. The second-order valence-corrected chi connectivity index (χ2v) is 7.79. The average Bonchev–Trinajstić information content (AvgIpc) is 2.52. The molecule has 0 aromatic carbocycles. The molecule has 0 radical (unpaired) electrons. The molecule has 2 N–H and O–H groups in total. The average molecular weight is 270 g/mol. The SMILES string of the molecule is CS(=O)(=O)NCCS(=O)(=O)NC1CCCC1. The predicted molar refractivity (Wildman–Crippen MR) is 62.0 cm³/mol. The molecule has 0 heterocycles. The Balaban J connectivity index is 2.34. The normalized spacial score (nSPS) is 19.1. The molecule has 8 heteroatoms. The van der Waals surface area contributed by atoms with Crippen molar-refractivity contribution in [2.24, 2.45) is 0 Å². The summed E-state index contributed by atoms with van der Waals surface area (Å²) in [4.78, 5) is 0. The van der Waals surface area contributed by atoms with Crippen molar-refractivity contribution in [1.29, 1.82) is 0 Å². The maximum Gasteiger partial charge on any atom is 0.213 e. The molecule has 1 fully saturated rings. The van der Waals surface area contributed by atoms with Gasteiger partial charge in [0.15, 0.2) is 0 Å². The second kappa shape index (κ2) is 5.44. The quantitative estimate of drug-likeness (QED) is 0.674. The molecule has 0 aliphatic heterocycles. The van der Waals surface area contributed by atoms with Crippen LogP contribution in [0, 0.1) is 0 Å². The summed E-state index contributed by atoms with van der Waals surface area (Å²) in [5.74, 6) is -0.212. The molecule has 1 rings (SSSR count). The van der Waals surface area contributed by atoms with E-state index in [9.17, 15) is 16.8 Å². The maximum atomic E-state index is 11.5. The Morgan fingerprint density at radius 2 is 1.69 bits per heavy atom. The zero-order chi connectivity index (χ0) is 12.2. The van der Waals surface area contributed by atoms with E-state index in [-0.39, 0.29) is 18.3 Å². The fourth-order valence-corrected chi connectivity index (χ4v) is 3.55. The highest BCUT2D eigenvalue weighted by Crippen LogP contribution is 2.18. The van der Waals surface area contributed by atoms with Crippen LogP contribution in [0.4, 0.5) is 0 Å². The molecule has 1 aliphatic rings. The molecule has 0 aromatic rings. The first-order chi connectivity index (χ1) is 7.29. The molecule has 16 heavy (non-hydrogen) atoms. The Kier molecular flexibility index (Phi) is 4.72. The fraction of sp³-hybridized carbons (Fsp3) is 1.00. The third-order valence-electron chi connectivity index (χ3n) is 2.44. The van der Waals surface area contributed by atoms with Crippen LogP contribution >= 0.6 is 0 Å². The largest absolute Gasteiger partial charge is 0.214 e. The van der Waals surface area contributed by atoms with Gasteiger partial charge in [-0.1, -0.05) is 12.8 Å². The van der Waals surface area contributed by atoms with Gasteiger partial charge in [-0.2, -0.15) is 0 Å². The van der Waals surface area contributed by atoms with Gasteiger partial charge < -0.3 is 0 Å². The Morgan fingerprint density at radius 3 is 2.19 bits per heavy atom. The minimum Gasteiger partial charge on any atom is -0.214 e. The van der Waals surface area contributed by atoms with Crippen LogP contribution in [0.2, 0.25) is 0 Å². The first-order valence-electron chi connectivity index (χ1n) is 5.23. The van der Waals surface area contributed by atoms with Crippen LogP contribution in [0.25, 0.3) is 0 Å². The van der Waals surface area contributed by atoms with E-state index in [0.717, 1.165) is 31.9 Å². The highest BCUT2D eigenvalue weighted by molar-refractivity contribution is 7.90. The van der Waals surface area contributed by atoms with E-state index < -0.39 is 20.0 Å². The van der Waals surface area contributed by atoms with Gasteiger partial charge in [-0.05, 0) is 12.8 Å². The molecule has 0 aromatic heterocycles. The topological polar surface area (TPSA) is 92.3 Å². The highest BCUT2D eigenvalue weighted by atomic mass is 32.2. The van der Waals surface area contributed by atoms with Crippen LogP contribution in [-0.4, -0.2) is 41.4 Å². The molecule has 0 bridgehead atoms. The summed E-state index contributed by atoms with van der Waals surface area (Å²) in [6.45, 7) is -0.0825. The lowest BCUT2D eigenvalue weighted by atomic mass is 10.3. The van der Waals surface area contributed by atoms with Gasteiger partial charge in [-0.3, -0.25) is 0 Å². The van der Waals surface area contributed by atoms with Gasteiger partial charge in [0.1, 0.15) is 0 Å². The Morgan fingerprint density at radius 1 is 1.12 bits per heavy atom. The van der Waals surface area contributed by atoms with Gasteiger partial charge in [0.25, 0.3) is 0 Å². The van der Waals surface area contributed by atoms with Crippen molar-refractivity contribution in [2.45, 2.75) is 31.7 Å². The van der Waals surface area contributed by atoms with E-state index in [0.29, 0.717) is 0 Å². The van der Waals surface area contributed by atoms with Crippen molar-refractivity contribution in [2.75, 3.05) is 18.6 Å². The van der Waals surface area contributed by atoms with Crippen molar-refractivity contribution in [1.82, 2.24) is 9.44 Å². The smallest absolute Gasteiger partial charge is 0.213 e. The van der Waals surface area contributed by atoms with E-state index in [2.05, 4.69) is 9.44 Å². The van der Waals surface area contributed by atoms with E-state index in [1.807, 2.05) is 0 Å². The molecule has 1 aliphatic carbocycles. The van der Waals surface area contributed by atoms with Gasteiger partial charge in [0, 0.05) is 12.6 Å². The summed E-state index contributed by atoms with van der Waals surface area (Å²) in [6.07, 6.45) is 4.85. The Bertz CT molecular complexity index is 409. The van der Waals surface area contributed by atoms with Crippen molar-refractivity contribution in [3.63, 3.8) is 0 Å². The van der Waals surface area contributed by atoms with Gasteiger partial charge in [-0.15, -0.1) is 0 Å². The summed E-state index contributed by atoms with van der Waals surface area (Å²) in [6, 6.07) is 0.0308. The molecule has 6 nitrogen and oxygen atoms in total. The molecular weight excluding hydrogens is 252 g/mol. The number of rotatable bonds is 6. The lowest BCUT2D eigenvalue weighted by Gasteiger charge is -2.12. The van der Waals surface area contributed by atoms with E-state index >= 15 is 0 Å².